The standard InChI is InChI=1S/C25H19FN4O2/c1-13-19(12-28-25-22(13)27-6-7-32-25)15-9-17-18(24(31)30-23(17)20(26)10-15)11-16-8-14-4-2-3-5-21(14)29-16/h2-5,8-12,27,29H,6-7H2,1H3,(H,30,31). The van der Waals surface area contributed by atoms with Crippen molar-refractivity contribution in [2.75, 3.05) is 23.8 Å². The van der Waals surface area contributed by atoms with Crippen molar-refractivity contribution in [1.29, 1.82) is 0 Å². The van der Waals surface area contributed by atoms with Gasteiger partial charge in [-0.3, -0.25) is 4.79 Å². The van der Waals surface area contributed by atoms with E-state index in [1.165, 1.54) is 6.07 Å². The second kappa shape index (κ2) is 6.95. The Kier molecular flexibility index (Phi) is 4.04. The molecule has 3 N–H and O–H groups in total. The summed E-state index contributed by atoms with van der Waals surface area (Å²) in [7, 11) is 0. The summed E-state index contributed by atoms with van der Waals surface area (Å²) in [4.78, 5) is 20.4. The molecule has 0 bridgehead atoms. The average Bonchev–Trinajstić information content (AvgIpc) is 3.35. The van der Waals surface area contributed by atoms with Gasteiger partial charge < -0.3 is 20.4 Å². The third-order valence-corrected chi connectivity index (χ3v) is 5.97. The van der Waals surface area contributed by atoms with Gasteiger partial charge in [-0.15, -0.1) is 0 Å². The number of benzene rings is 2. The monoisotopic (exact) mass is 426 g/mol. The molecule has 0 fully saturated rings. The lowest BCUT2D eigenvalue weighted by Crippen LogP contribution is -2.20. The average molecular weight is 426 g/mol. The van der Waals surface area contributed by atoms with Crippen LogP contribution in [-0.2, 0) is 4.79 Å². The smallest absolute Gasteiger partial charge is 0.256 e. The van der Waals surface area contributed by atoms with E-state index in [1.807, 2.05) is 43.3 Å². The normalized spacial score (nSPS) is 15.8. The quantitative estimate of drug-likeness (QED) is 0.395. The number of nitrogens with one attached hydrogen (secondary N) is 3. The lowest BCUT2D eigenvalue weighted by atomic mass is 9.96. The molecule has 0 spiro atoms. The highest BCUT2D eigenvalue weighted by Gasteiger charge is 2.29. The molecule has 1 amide bonds. The Morgan fingerprint density at radius 3 is 2.88 bits per heavy atom. The molecule has 4 heterocycles. The van der Waals surface area contributed by atoms with Gasteiger partial charge in [-0.05, 0) is 53.8 Å². The van der Waals surface area contributed by atoms with E-state index in [2.05, 4.69) is 20.6 Å². The van der Waals surface area contributed by atoms with Gasteiger partial charge in [-0.25, -0.2) is 9.37 Å². The van der Waals surface area contributed by atoms with Crippen LogP contribution in [0.4, 0.5) is 15.8 Å². The van der Waals surface area contributed by atoms with Crippen LogP contribution in [0, 0.1) is 12.7 Å². The molecule has 6 nitrogen and oxygen atoms in total. The summed E-state index contributed by atoms with van der Waals surface area (Å²) >= 11 is 0. The topological polar surface area (TPSA) is 79.0 Å². The number of aromatic amines is 1. The first kappa shape index (κ1) is 18.6. The minimum absolute atomic E-state index is 0.200. The van der Waals surface area contributed by atoms with E-state index < -0.39 is 5.82 Å². The predicted molar refractivity (Wildman–Crippen MR) is 123 cm³/mol. The number of nitrogens with zero attached hydrogens (tertiary/aromatic N) is 1. The number of carbonyl (C=O) groups excluding carboxylic acids is 1. The van der Waals surface area contributed by atoms with E-state index in [9.17, 15) is 4.79 Å². The number of H-pyrrole nitrogens is 1. The highest BCUT2D eigenvalue weighted by Crippen LogP contribution is 2.41. The number of hydrogen-bond acceptors (Lipinski definition) is 4. The van der Waals surface area contributed by atoms with Gasteiger partial charge in [0, 0.05) is 35.1 Å². The fourth-order valence-corrected chi connectivity index (χ4v) is 4.39. The lowest BCUT2D eigenvalue weighted by molar-refractivity contribution is -0.110. The zero-order chi connectivity index (χ0) is 21.8. The fraction of sp³-hybridized carbons (Fsp3) is 0.120. The van der Waals surface area contributed by atoms with E-state index in [0.29, 0.717) is 35.7 Å². The first-order valence-electron chi connectivity index (χ1n) is 10.4. The van der Waals surface area contributed by atoms with Crippen LogP contribution in [-0.4, -0.2) is 29.0 Å². The van der Waals surface area contributed by atoms with E-state index in [-0.39, 0.29) is 11.6 Å². The number of ether oxygens (including phenoxy) is 1. The maximum Gasteiger partial charge on any atom is 0.256 e. The zero-order valence-electron chi connectivity index (χ0n) is 17.3. The van der Waals surface area contributed by atoms with Gasteiger partial charge in [-0.1, -0.05) is 18.2 Å². The van der Waals surface area contributed by atoms with Gasteiger partial charge in [0.2, 0.25) is 5.88 Å². The predicted octanol–water partition coefficient (Wildman–Crippen LogP) is 4.97. The number of amides is 1. The van der Waals surface area contributed by atoms with E-state index in [4.69, 9.17) is 4.74 Å². The molecule has 4 aromatic rings. The number of anilines is 2. The van der Waals surface area contributed by atoms with Crippen LogP contribution < -0.4 is 15.4 Å². The zero-order valence-corrected chi connectivity index (χ0v) is 17.3. The third kappa shape index (κ3) is 2.85. The van der Waals surface area contributed by atoms with Crippen LogP contribution in [0.2, 0.25) is 0 Å². The number of carbonyl (C=O) groups is 1. The lowest BCUT2D eigenvalue weighted by Gasteiger charge is -2.21. The van der Waals surface area contributed by atoms with Crippen molar-refractivity contribution in [1.82, 2.24) is 9.97 Å². The number of hydrogen-bond donors (Lipinski definition) is 3. The van der Waals surface area contributed by atoms with Gasteiger partial charge in [0.15, 0.2) is 0 Å². The Labute approximate surface area is 183 Å². The summed E-state index contributed by atoms with van der Waals surface area (Å²) in [6, 6.07) is 13.1. The summed E-state index contributed by atoms with van der Waals surface area (Å²) in [6.07, 6.45) is 3.45. The van der Waals surface area contributed by atoms with Crippen LogP contribution in [0.5, 0.6) is 5.88 Å². The van der Waals surface area contributed by atoms with Crippen molar-refractivity contribution in [3.63, 3.8) is 0 Å². The van der Waals surface area contributed by atoms with Gasteiger partial charge in [0.25, 0.3) is 5.91 Å². The van der Waals surface area contributed by atoms with Crippen molar-refractivity contribution in [2.24, 2.45) is 0 Å². The molecule has 7 heteroatoms. The maximum absolute atomic E-state index is 15.1. The second-order valence-electron chi connectivity index (χ2n) is 7.96. The Morgan fingerprint density at radius 1 is 1.12 bits per heavy atom. The summed E-state index contributed by atoms with van der Waals surface area (Å²) in [6.45, 7) is 3.20. The van der Waals surface area contributed by atoms with Crippen LogP contribution in [0.15, 0.2) is 48.7 Å². The van der Waals surface area contributed by atoms with Gasteiger partial charge in [0.1, 0.15) is 18.1 Å². The van der Waals surface area contributed by atoms with Crippen LogP contribution in [0.1, 0.15) is 16.8 Å². The number of aromatic nitrogens is 2. The van der Waals surface area contributed by atoms with Crippen LogP contribution in [0.3, 0.4) is 0 Å². The molecular weight excluding hydrogens is 407 g/mol. The maximum atomic E-state index is 15.1. The van der Waals surface area contributed by atoms with Gasteiger partial charge >= 0.3 is 0 Å². The number of para-hydroxylation sites is 1. The van der Waals surface area contributed by atoms with E-state index >= 15 is 4.39 Å². The Balaban J connectivity index is 1.48. The molecule has 0 saturated heterocycles. The summed E-state index contributed by atoms with van der Waals surface area (Å²) in [5, 5.41) is 7.02. The summed E-state index contributed by atoms with van der Waals surface area (Å²) in [5.74, 6) is -0.257. The molecule has 0 aliphatic carbocycles. The molecule has 6 rings (SSSR count). The number of fused-ring (bicyclic) bond motifs is 3. The molecule has 0 saturated carbocycles. The molecule has 158 valence electrons. The second-order valence-corrected chi connectivity index (χ2v) is 7.96. The van der Waals surface area contributed by atoms with Crippen molar-refractivity contribution < 1.29 is 13.9 Å². The van der Waals surface area contributed by atoms with Gasteiger partial charge in [-0.2, -0.15) is 0 Å². The Hall–Kier alpha value is -4.13. The highest BCUT2D eigenvalue weighted by atomic mass is 19.1. The highest BCUT2D eigenvalue weighted by molar-refractivity contribution is 6.35. The third-order valence-electron chi connectivity index (χ3n) is 5.97. The molecular formula is C25H19FN4O2. The van der Waals surface area contributed by atoms with Gasteiger partial charge in [0.05, 0.1) is 11.3 Å². The molecule has 2 aromatic heterocycles. The largest absolute Gasteiger partial charge is 0.474 e. The van der Waals surface area contributed by atoms with E-state index in [0.717, 1.165) is 33.4 Å². The van der Waals surface area contributed by atoms with Crippen molar-refractivity contribution >= 4 is 39.8 Å². The fourth-order valence-electron chi connectivity index (χ4n) is 4.39. The molecule has 0 unspecified atom stereocenters. The molecule has 2 aliphatic rings. The summed E-state index contributed by atoms with van der Waals surface area (Å²) < 4.78 is 20.7. The number of halogens is 1. The molecule has 2 aliphatic heterocycles. The molecule has 0 atom stereocenters. The van der Waals surface area contributed by atoms with Crippen molar-refractivity contribution in [2.45, 2.75) is 6.92 Å². The first-order chi connectivity index (χ1) is 15.6. The molecule has 0 radical (unpaired) electrons. The Bertz CT molecular complexity index is 1420. The Morgan fingerprint density at radius 2 is 2.00 bits per heavy atom. The SMILES string of the molecule is Cc1c(-c2cc(F)c3c(c2)C(=Cc2cc4ccccc4[nH]2)C(=O)N3)cnc2c1NCCO2. The minimum Gasteiger partial charge on any atom is -0.474 e. The minimum atomic E-state index is -0.479. The number of pyridine rings is 1. The van der Waals surface area contributed by atoms with Crippen LogP contribution in [0.25, 0.3) is 33.7 Å². The molecule has 32 heavy (non-hydrogen) atoms. The molecule has 2 aromatic carbocycles. The first-order valence-corrected chi connectivity index (χ1v) is 10.4. The van der Waals surface area contributed by atoms with E-state index in [1.54, 1.807) is 12.3 Å². The summed E-state index contributed by atoms with van der Waals surface area (Å²) in [5.41, 5.74) is 6.08. The van der Waals surface area contributed by atoms with Crippen LogP contribution >= 0.6 is 0 Å². The number of rotatable bonds is 2. The van der Waals surface area contributed by atoms with Crippen molar-refractivity contribution in [3.8, 4) is 17.0 Å². The van der Waals surface area contributed by atoms with Crippen molar-refractivity contribution in [3.05, 3.63) is 71.3 Å².